The van der Waals surface area contributed by atoms with Gasteiger partial charge < -0.3 is 4.74 Å². The summed E-state index contributed by atoms with van der Waals surface area (Å²) >= 11 is 0. The molecule has 1 atom stereocenters. The molecule has 2 heterocycles. The molecule has 3 aliphatic rings. The Labute approximate surface area is 185 Å². The Morgan fingerprint density at radius 1 is 0.839 bits per heavy atom. The Hall–Kier alpha value is -1.99. The Morgan fingerprint density at radius 2 is 1.48 bits per heavy atom. The van der Waals surface area contributed by atoms with E-state index in [4.69, 9.17) is 4.74 Å². The molecule has 1 aromatic carbocycles. The highest BCUT2D eigenvalue weighted by molar-refractivity contribution is 5.32. The highest BCUT2D eigenvalue weighted by Crippen LogP contribution is 2.35. The van der Waals surface area contributed by atoms with Gasteiger partial charge in [0.15, 0.2) is 5.82 Å². The summed E-state index contributed by atoms with van der Waals surface area (Å²) in [6, 6.07) is 9.81. The summed E-state index contributed by atoms with van der Waals surface area (Å²) in [6.45, 7) is 4.40. The van der Waals surface area contributed by atoms with Gasteiger partial charge in [-0.25, -0.2) is 4.68 Å². The molecule has 0 radical (unpaired) electrons. The van der Waals surface area contributed by atoms with Crippen LogP contribution >= 0.6 is 0 Å². The lowest BCUT2D eigenvalue weighted by Gasteiger charge is -2.43. The number of methoxy groups -OCH3 is 1. The molecule has 0 spiro atoms. The third kappa shape index (κ3) is 4.48. The molecule has 0 N–H and O–H groups in total. The number of rotatable bonds is 6. The van der Waals surface area contributed by atoms with E-state index in [2.05, 4.69) is 54.3 Å². The average molecular weight is 425 g/mol. The van der Waals surface area contributed by atoms with Crippen molar-refractivity contribution < 1.29 is 4.74 Å². The van der Waals surface area contributed by atoms with Crippen molar-refractivity contribution in [1.29, 1.82) is 0 Å². The molecule has 0 bridgehead atoms. The van der Waals surface area contributed by atoms with Crippen LogP contribution in [0.15, 0.2) is 24.3 Å². The summed E-state index contributed by atoms with van der Waals surface area (Å²) in [7, 11) is 1.72. The third-order valence-electron chi connectivity index (χ3n) is 7.67. The minimum absolute atomic E-state index is 0.0926. The number of tetrazole rings is 1. The van der Waals surface area contributed by atoms with E-state index in [-0.39, 0.29) is 6.04 Å². The van der Waals surface area contributed by atoms with Crippen molar-refractivity contribution in [3.8, 4) is 5.75 Å². The van der Waals surface area contributed by atoms with Crippen LogP contribution in [0, 0.1) is 0 Å². The predicted molar refractivity (Wildman–Crippen MR) is 120 cm³/mol. The van der Waals surface area contributed by atoms with E-state index >= 15 is 0 Å². The largest absolute Gasteiger partial charge is 0.497 e. The van der Waals surface area contributed by atoms with Crippen molar-refractivity contribution >= 4 is 0 Å². The topological polar surface area (TPSA) is 59.3 Å². The molecule has 2 aliphatic carbocycles. The Balaban J connectivity index is 1.39. The fourth-order valence-electron chi connectivity index (χ4n) is 5.91. The highest BCUT2D eigenvalue weighted by atomic mass is 16.5. The second kappa shape index (κ2) is 9.65. The maximum Gasteiger partial charge on any atom is 0.173 e. The van der Waals surface area contributed by atoms with E-state index in [9.17, 15) is 0 Å². The van der Waals surface area contributed by atoms with Crippen LogP contribution in [0.2, 0.25) is 0 Å². The Kier molecular flexibility index (Phi) is 6.50. The molecular formula is C24H36N6O. The van der Waals surface area contributed by atoms with Gasteiger partial charge in [-0.3, -0.25) is 9.80 Å². The third-order valence-corrected chi connectivity index (χ3v) is 7.67. The standard InChI is InChI=1S/C24H36N6O/c1-31-22-13-11-19(12-14-22)23(24-25-26-27-30(24)21-9-5-6-10-21)29-17-15-28(16-18-29)20-7-3-2-4-8-20/h11-14,20-21,23H,2-10,15-18H2,1H3. The fourth-order valence-corrected chi connectivity index (χ4v) is 5.91. The summed E-state index contributed by atoms with van der Waals surface area (Å²) in [5.74, 6) is 1.89. The van der Waals surface area contributed by atoms with Gasteiger partial charge in [0.05, 0.1) is 19.2 Å². The van der Waals surface area contributed by atoms with Gasteiger partial charge in [0.25, 0.3) is 0 Å². The first-order valence-corrected chi connectivity index (χ1v) is 12.2. The number of hydrogen-bond donors (Lipinski definition) is 0. The molecule has 1 saturated heterocycles. The number of hydrogen-bond acceptors (Lipinski definition) is 6. The number of ether oxygens (including phenoxy) is 1. The number of aromatic nitrogens is 4. The SMILES string of the molecule is COc1ccc(C(c2nnnn2C2CCCC2)N2CCN(C3CCCCC3)CC2)cc1. The van der Waals surface area contributed by atoms with Crippen LogP contribution in [0.1, 0.15) is 81.3 Å². The lowest BCUT2D eigenvalue weighted by Crippen LogP contribution is -2.52. The predicted octanol–water partition coefficient (Wildman–Crippen LogP) is 3.84. The number of piperazine rings is 1. The van der Waals surface area contributed by atoms with E-state index in [1.165, 1.54) is 63.4 Å². The van der Waals surface area contributed by atoms with E-state index in [0.29, 0.717) is 6.04 Å². The van der Waals surface area contributed by atoms with Crippen molar-refractivity contribution in [2.24, 2.45) is 0 Å². The Morgan fingerprint density at radius 3 is 2.16 bits per heavy atom. The van der Waals surface area contributed by atoms with Gasteiger partial charge in [-0.2, -0.15) is 0 Å². The van der Waals surface area contributed by atoms with Crippen LogP contribution in [-0.2, 0) is 0 Å². The number of nitrogens with zero attached hydrogens (tertiary/aromatic N) is 6. The molecule has 1 aromatic heterocycles. The zero-order valence-electron chi connectivity index (χ0n) is 18.8. The van der Waals surface area contributed by atoms with Crippen LogP contribution < -0.4 is 4.74 Å². The van der Waals surface area contributed by atoms with Crippen molar-refractivity contribution in [3.05, 3.63) is 35.7 Å². The average Bonchev–Trinajstić information content (AvgIpc) is 3.53. The molecule has 168 valence electrons. The molecule has 31 heavy (non-hydrogen) atoms. The minimum Gasteiger partial charge on any atom is -0.497 e. The van der Waals surface area contributed by atoms with Gasteiger partial charge in [-0.05, 0) is 53.8 Å². The molecule has 1 aliphatic heterocycles. The number of benzene rings is 1. The maximum absolute atomic E-state index is 5.41. The molecular weight excluding hydrogens is 388 g/mol. The normalized spacial score (nSPS) is 23.3. The van der Waals surface area contributed by atoms with Gasteiger partial charge in [-0.1, -0.05) is 44.2 Å². The molecule has 0 amide bonds. The molecule has 7 heteroatoms. The van der Waals surface area contributed by atoms with E-state index in [0.717, 1.165) is 43.8 Å². The van der Waals surface area contributed by atoms with Crippen molar-refractivity contribution in [1.82, 2.24) is 30.0 Å². The summed E-state index contributed by atoms with van der Waals surface area (Å²) in [6.07, 6.45) is 11.9. The van der Waals surface area contributed by atoms with Gasteiger partial charge in [-0.15, -0.1) is 5.10 Å². The van der Waals surface area contributed by atoms with Gasteiger partial charge in [0.1, 0.15) is 5.75 Å². The quantitative estimate of drug-likeness (QED) is 0.702. The van der Waals surface area contributed by atoms with Gasteiger partial charge in [0.2, 0.25) is 0 Å². The highest BCUT2D eigenvalue weighted by Gasteiger charge is 2.34. The molecule has 7 nitrogen and oxygen atoms in total. The van der Waals surface area contributed by atoms with Crippen LogP contribution in [0.3, 0.4) is 0 Å². The van der Waals surface area contributed by atoms with Crippen LogP contribution in [0.5, 0.6) is 5.75 Å². The first-order valence-electron chi connectivity index (χ1n) is 12.2. The smallest absolute Gasteiger partial charge is 0.173 e. The maximum atomic E-state index is 5.41. The zero-order valence-corrected chi connectivity index (χ0v) is 18.8. The van der Waals surface area contributed by atoms with Crippen molar-refractivity contribution in [2.75, 3.05) is 33.3 Å². The second-order valence-corrected chi connectivity index (χ2v) is 9.46. The summed E-state index contributed by atoms with van der Waals surface area (Å²) in [5.41, 5.74) is 1.25. The molecule has 5 rings (SSSR count). The lowest BCUT2D eigenvalue weighted by molar-refractivity contribution is 0.0615. The molecule has 1 unspecified atom stereocenters. The van der Waals surface area contributed by atoms with Gasteiger partial charge >= 0.3 is 0 Å². The molecule has 3 fully saturated rings. The van der Waals surface area contributed by atoms with Crippen LogP contribution in [0.4, 0.5) is 0 Å². The van der Waals surface area contributed by atoms with Crippen molar-refractivity contribution in [2.45, 2.75) is 75.9 Å². The van der Waals surface area contributed by atoms with E-state index in [1.807, 2.05) is 0 Å². The van der Waals surface area contributed by atoms with Crippen LogP contribution in [0.25, 0.3) is 0 Å². The zero-order chi connectivity index (χ0) is 21.0. The summed E-state index contributed by atoms with van der Waals surface area (Å²) in [5, 5.41) is 13.2. The molecule has 2 saturated carbocycles. The summed E-state index contributed by atoms with van der Waals surface area (Å²) in [4.78, 5) is 5.33. The first kappa shape index (κ1) is 20.9. The van der Waals surface area contributed by atoms with E-state index < -0.39 is 0 Å². The fraction of sp³-hybridized carbons (Fsp3) is 0.708. The second-order valence-electron chi connectivity index (χ2n) is 9.46. The van der Waals surface area contributed by atoms with Gasteiger partial charge in [0, 0.05) is 32.2 Å². The summed E-state index contributed by atoms with van der Waals surface area (Å²) < 4.78 is 7.54. The lowest BCUT2D eigenvalue weighted by atomic mass is 9.93. The first-order chi connectivity index (χ1) is 15.3. The monoisotopic (exact) mass is 424 g/mol. The van der Waals surface area contributed by atoms with E-state index in [1.54, 1.807) is 7.11 Å². The van der Waals surface area contributed by atoms with Crippen molar-refractivity contribution in [3.63, 3.8) is 0 Å². The minimum atomic E-state index is 0.0926. The van der Waals surface area contributed by atoms with Crippen LogP contribution in [-0.4, -0.2) is 69.3 Å². The Bertz CT molecular complexity index is 817. The molecule has 2 aromatic rings.